The van der Waals surface area contributed by atoms with Crippen LogP contribution >= 0.6 is 0 Å². The van der Waals surface area contributed by atoms with Crippen LogP contribution in [0.4, 0.5) is 5.69 Å². The Balaban J connectivity index is 1.10. The van der Waals surface area contributed by atoms with Crippen LogP contribution in [-0.2, 0) is 11.3 Å². The monoisotopic (exact) mass is 446 g/mol. The number of anilines is 1. The molecular weight excluding hydrogens is 408 g/mol. The number of para-hydroxylation sites is 1. The van der Waals surface area contributed by atoms with Crippen LogP contribution in [-0.4, -0.2) is 67.1 Å². The van der Waals surface area contributed by atoms with Crippen molar-refractivity contribution in [1.29, 1.82) is 0 Å². The molecule has 5 rings (SSSR count). The summed E-state index contributed by atoms with van der Waals surface area (Å²) in [5.41, 5.74) is 2.69. The zero-order chi connectivity index (χ0) is 22.5. The largest absolute Gasteiger partial charge is 0.371 e. The molecule has 0 saturated carbocycles. The van der Waals surface area contributed by atoms with Crippen molar-refractivity contribution in [2.24, 2.45) is 5.92 Å². The van der Waals surface area contributed by atoms with Gasteiger partial charge in [0.1, 0.15) is 0 Å². The van der Waals surface area contributed by atoms with E-state index in [0.29, 0.717) is 24.5 Å². The van der Waals surface area contributed by atoms with Crippen LogP contribution in [0.15, 0.2) is 60.7 Å². The van der Waals surface area contributed by atoms with Gasteiger partial charge in [0.15, 0.2) is 0 Å². The Kier molecular flexibility index (Phi) is 7.27. The van der Waals surface area contributed by atoms with Gasteiger partial charge in [-0.15, -0.1) is 0 Å². The number of carbonyl (C=O) groups is 1. The molecule has 1 N–H and O–H groups in total. The second-order valence-electron chi connectivity index (χ2n) is 10.1. The third-order valence-electron chi connectivity index (χ3n) is 7.84. The highest BCUT2D eigenvalue weighted by Gasteiger charge is 2.38. The summed E-state index contributed by atoms with van der Waals surface area (Å²) in [6.07, 6.45) is 6.11. The van der Waals surface area contributed by atoms with Crippen molar-refractivity contribution in [2.45, 2.75) is 50.7 Å². The van der Waals surface area contributed by atoms with Gasteiger partial charge < -0.3 is 10.2 Å². The minimum Gasteiger partial charge on any atom is -0.371 e. The van der Waals surface area contributed by atoms with E-state index in [-0.39, 0.29) is 5.91 Å². The summed E-state index contributed by atoms with van der Waals surface area (Å²) in [7, 11) is 0. The molecule has 3 fully saturated rings. The van der Waals surface area contributed by atoms with E-state index in [4.69, 9.17) is 0 Å². The first-order valence-corrected chi connectivity index (χ1v) is 12.8. The maximum absolute atomic E-state index is 12.9. The first-order chi connectivity index (χ1) is 16.3. The molecule has 0 radical (unpaired) electrons. The van der Waals surface area contributed by atoms with E-state index in [1.54, 1.807) is 0 Å². The Morgan fingerprint density at radius 1 is 0.818 bits per heavy atom. The van der Waals surface area contributed by atoms with Gasteiger partial charge in [-0.05, 0) is 68.8 Å². The number of benzene rings is 2. The molecule has 1 amide bonds. The molecule has 0 bridgehead atoms. The Morgan fingerprint density at radius 3 is 2.24 bits per heavy atom. The highest BCUT2D eigenvalue weighted by atomic mass is 16.2. The van der Waals surface area contributed by atoms with Gasteiger partial charge in [-0.2, -0.15) is 0 Å². The first kappa shape index (κ1) is 22.4. The van der Waals surface area contributed by atoms with Crippen LogP contribution in [0.3, 0.4) is 0 Å². The quantitative estimate of drug-likeness (QED) is 0.670. The summed E-state index contributed by atoms with van der Waals surface area (Å²) >= 11 is 0. The molecule has 3 unspecified atom stereocenters. The number of nitrogens with one attached hydrogen (secondary N) is 1. The second kappa shape index (κ2) is 10.7. The average Bonchev–Trinajstić information content (AvgIpc) is 3.60. The molecule has 176 valence electrons. The number of nitrogens with zero attached hydrogens (tertiary/aromatic N) is 3. The Labute approximate surface area is 198 Å². The van der Waals surface area contributed by atoms with Crippen molar-refractivity contribution in [3.8, 4) is 0 Å². The van der Waals surface area contributed by atoms with Crippen LogP contribution in [0.1, 0.15) is 37.7 Å². The maximum Gasteiger partial charge on any atom is 0.234 e. The van der Waals surface area contributed by atoms with E-state index in [1.807, 2.05) is 0 Å². The van der Waals surface area contributed by atoms with E-state index in [2.05, 4.69) is 80.7 Å². The molecule has 5 heteroatoms. The molecule has 33 heavy (non-hydrogen) atoms. The molecular formula is C28H38N4O. The normalized spacial score (nSPS) is 26.2. The zero-order valence-electron chi connectivity index (χ0n) is 19.7. The summed E-state index contributed by atoms with van der Waals surface area (Å²) in [6, 6.07) is 22.5. The van der Waals surface area contributed by atoms with Crippen LogP contribution in [0.2, 0.25) is 0 Å². The van der Waals surface area contributed by atoms with Crippen molar-refractivity contribution >= 4 is 11.6 Å². The molecule has 2 aromatic carbocycles. The van der Waals surface area contributed by atoms with Gasteiger partial charge >= 0.3 is 0 Å². The third kappa shape index (κ3) is 5.59. The lowest BCUT2D eigenvalue weighted by Gasteiger charge is -2.35. The van der Waals surface area contributed by atoms with Crippen molar-refractivity contribution in [3.05, 3.63) is 66.2 Å². The third-order valence-corrected chi connectivity index (χ3v) is 7.84. The summed E-state index contributed by atoms with van der Waals surface area (Å²) in [5.74, 6) is 0.743. The number of hydrogen-bond acceptors (Lipinski definition) is 4. The van der Waals surface area contributed by atoms with Crippen molar-refractivity contribution < 1.29 is 4.79 Å². The molecule has 3 atom stereocenters. The molecule has 2 aromatic rings. The van der Waals surface area contributed by atoms with Gasteiger partial charge in [0.2, 0.25) is 5.91 Å². The topological polar surface area (TPSA) is 38.8 Å². The van der Waals surface area contributed by atoms with Crippen molar-refractivity contribution in [2.75, 3.05) is 44.2 Å². The fraction of sp³-hybridized carbons (Fsp3) is 0.536. The Hall–Kier alpha value is -2.37. The van der Waals surface area contributed by atoms with E-state index in [0.717, 1.165) is 39.1 Å². The first-order valence-electron chi connectivity index (χ1n) is 12.8. The van der Waals surface area contributed by atoms with E-state index in [1.165, 1.54) is 43.5 Å². The van der Waals surface area contributed by atoms with Gasteiger partial charge in [0, 0.05) is 44.0 Å². The molecule has 5 nitrogen and oxygen atoms in total. The van der Waals surface area contributed by atoms with Crippen molar-refractivity contribution in [1.82, 2.24) is 15.1 Å². The lowest BCUT2D eigenvalue weighted by molar-refractivity contribution is -0.122. The molecule has 3 saturated heterocycles. The minimum atomic E-state index is 0.202. The lowest BCUT2D eigenvalue weighted by atomic mass is 10.0. The minimum absolute atomic E-state index is 0.202. The zero-order valence-corrected chi connectivity index (χ0v) is 19.7. The fourth-order valence-corrected chi connectivity index (χ4v) is 6.16. The van der Waals surface area contributed by atoms with E-state index < -0.39 is 0 Å². The number of rotatable bonds is 8. The lowest BCUT2D eigenvalue weighted by Crippen LogP contribution is -2.49. The van der Waals surface area contributed by atoms with Gasteiger partial charge in [0.05, 0.1) is 6.54 Å². The van der Waals surface area contributed by atoms with E-state index >= 15 is 0 Å². The maximum atomic E-state index is 12.9. The highest BCUT2D eigenvalue weighted by molar-refractivity contribution is 5.78. The fourth-order valence-electron chi connectivity index (χ4n) is 6.16. The molecule has 3 aliphatic heterocycles. The van der Waals surface area contributed by atoms with Crippen LogP contribution in [0, 0.1) is 5.92 Å². The van der Waals surface area contributed by atoms with Crippen LogP contribution in [0.5, 0.6) is 0 Å². The van der Waals surface area contributed by atoms with Crippen LogP contribution in [0.25, 0.3) is 0 Å². The SMILES string of the molecule is O=C(CN1CCCC1C1CCCN1Cc1ccccc1)NCC1CCN(c2ccccc2)C1. The predicted octanol–water partition coefficient (Wildman–Crippen LogP) is 3.76. The van der Waals surface area contributed by atoms with Crippen LogP contribution < -0.4 is 10.2 Å². The predicted molar refractivity (Wildman–Crippen MR) is 134 cm³/mol. The van der Waals surface area contributed by atoms with E-state index in [9.17, 15) is 4.79 Å². The Morgan fingerprint density at radius 2 is 1.48 bits per heavy atom. The number of hydrogen-bond donors (Lipinski definition) is 1. The van der Waals surface area contributed by atoms with Gasteiger partial charge in [-0.3, -0.25) is 14.6 Å². The summed E-state index contributed by atoms with van der Waals surface area (Å²) in [6.45, 7) is 6.72. The van der Waals surface area contributed by atoms with Gasteiger partial charge in [-0.1, -0.05) is 48.5 Å². The van der Waals surface area contributed by atoms with Gasteiger partial charge in [0.25, 0.3) is 0 Å². The molecule has 3 aliphatic rings. The Bertz CT molecular complexity index is 889. The van der Waals surface area contributed by atoms with Crippen molar-refractivity contribution in [3.63, 3.8) is 0 Å². The second-order valence-corrected chi connectivity index (χ2v) is 10.1. The molecule has 0 spiro atoms. The number of carbonyl (C=O) groups excluding carboxylic acids is 1. The van der Waals surface area contributed by atoms with Gasteiger partial charge in [-0.25, -0.2) is 0 Å². The standard InChI is InChI=1S/C28H38N4O/c33-28(29-19-24-15-18-30(21-24)25-11-5-2-6-12-25)22-32-17-8-14-27(32)26-13-7-16-31(26)20-23-9-3-1-4-10-23/h1-6,9-12,24,26-27H,7-8,13-22H2,(H,29,33). The molecule has 0 aliphatic carbocycles. The summed E-state index contributed by atoms with van der Waals surface area (Å²) < 4.78 is 0. The number of likely N-dealkylation sites (tertiary alicyclic amines) is 2. The summed E-state index contributed by atoms with van der Waals surface area (Å²) in [4.78, 5) is 20.4. The number of amides is 1. The summed E-state index contributed by atoms with van der Waals surface area (Å²) in [5, 5.41) is 3.26. The highest BCUT2D eigenvalue weighted by Crippen LogP contribution is 2.31. The average molecular weight is 447 g/mol. The molecule has 0 aromatic heterocycles. The smallest absolute Gasteiger partial charge is 0.234 e. The molecule has 3 heterocycles.